The van der Waals surface area contributed by atoms with Gasteiger partial charge < -0.3 is 4.57 Å². The highest BCUT2D eigenvalue weighted by molar-refractivity contribution is 9.10. The smallest absolute Gasteiger partial charge is 0.123 e. The predicted molar refractivity (Wildman–Crippen MR) is 55.4 cm³/mol. The van der Waals surface area contributed by atoms with Crippen molar-refractivity contribution in [2.75, 3.05) is 0 Å². The Morgan fingerprint density at radius 2 is 2.31 bits per heavy atom. The van der Waals surface area contributed by atoms with Gasteiger partial charge in [-0.1, -0.05) is 0 Å². The standard InChI is InChI=1S/C9H10BrN3/c1-6-8(10)9(12-11-6)7-4-3-5-13(7)2/h3-5H,1-2H3,(H,11,12). The zero-order valence-electron chi connectivity index (χ0n) is 7.50. The molecule has 0 aliphatic carbocycles. The van der Waals surface area contributed by atoms with E-state index < -0.39 is 0 Å². The lowest BCUT2D eigenvalue weighted by Gasteiger charge is -1.99. The first-order chi connectivity index (χ1) is 6.20. The summed E-state index contributed by atoms with van der Waals surface area (Å²) in [5, 5.41) is 7.17. The van der Waals surface area contributed by atoms with Crippen LogP contribution in [0, 0.1) is 6.92 Å². The summed E-state index contributed by atoms with van der Waals surface area (Å²) in [5.41, 5.74) is 3.12. The normalized spacial score (nSPS) is 10.7. The molecular weight excluding hydrogens is 230 g/mol. The van der Waals surface area contributed by atoms with E-state index in [2.05, 4.69) is 26.1 Å². The molecule has 68 valence electrons. The van der Waals surface area contributed by atoms with E-state index in [4.69, 9.17) is 0 Å². The topological polar surface area (TPSA) is 33.6 Å². The van der Waals surface area contributed by atoms with Crippen LogP contribution in [0.1, 0.15) is 5.69 Å². The second kappa shape index (κ2) is 3.03. The maximum absolute atomic E-state index is 4.23. The van der Waals surface area contributed by atoms with Crippen LogP contribution in [0.3, 0.4) is 0 Å². The third kappa shape index (κ3) is 1.31. The number of nitrogens with zero attached hydrogens (tertiary/aromatic N) is 2. The van der Waals surface area contributed by atoms with Crippen molar-refractivity contribution >= 4 is 15.9 Å². The van der Waals surface area contributed by atoms with Crippen LogP contribution in [0.2, 0.25) is 0 Å². The van der Waals surface area contributed by atoms with Crippen molar-refractivity contribution in [3.05, 3.63) is 28.5 Å². The van der Waals surface area contributed by atoms with E-state index >= 15 is 0 Å². The Hall–Kier alpha value is -1.03. The highest BCUT2D eigenvalue weighted by Crippen LogP contribution is 2.27. The summed E-state index contributed by atoms with van der Waals surface area (Å²) >= 11 is 3.50. The largest absolute Gasteiger partial charge is 0.349 e. The van der Waals surface area contributed by atoms with E-state index in [1.54, 1.807) is 0 Å². The molecule has 0 saturated heterocycles. The Morgan fingerprint density at radius 1 is 1.54 bits per heavy atom. The molecule has 3 nitrogen and oxygen atoms in total. The number of hydrogen-bond donors (Lipinski definition) is 1. The molecule has 0 unspecified atom stereocenters. The van der Waals surface area contributed by atoms with Crippen molar-refractivity contribution in [1.29, 1.82) is 0 Å². The van der Waals surface area contributed by atoms with Crippen LogP contribution in [-0.2, 0) is 7.05 Å². The van der Waals surface area contributed by atoms with Crippen LogP contribution in [0.5, 0.6) is 0 Å². The van der Waals surface area contributed by atoms with Crippen LogP contribution < -0.4 is 0 Å². The molecule has 2 aromatic rings. The zero-order valence-corrected chi connectivity index (χ0v) is 9.09. The molecular formula is C9H10BrN3. The molecule has 0 amide bonds. The molecule has 2 aromatic heterocycles. The van der Waals surface area contributed by atoms with Crippen LogP contribution in [-0.4, -0.2) is 14.8 Å². The molecule has 2 rings (SSSR count). The summed E-state index contributed by atoms with van der Waals surface area (Å²) in [6, 6.07) is 4.05. The second-order valence-corrected chi connectivity index (χ2v) is 3.81. The van der Waals surface area contributed by atoms with Gasteiger partial charge in [0.25, 0.3) is 0 Å². The number of hydrogen-bond acceptors (Lipinski definition) is 1. The number of nitrogens with one attached hydrogen (secondary N) is 1. The molecule has 2 heterocycles. The molecule has 13 heavy (non-hydrogen) atoms. The molecule has 0 atom stereocenters. The number of aromatic nitrogens is 3. The number of H-pyrrole nitrogens is 1. The van der Waals surface area contributed by atoms with E-state index in [9.17, 15) is 0 Å². The van der Waals surface area contributed by atoms with Gasteiger partial charge in [-0.3, -0.25) is 5.10 Å². The Bertz CT molecular complexity index is 428. The minimum absolute atomic E-state index is 0.963. The quantitative estimate of drug-likeness (QED) is 0.816. The Morgan fingerprint density at radius 3 is 2.77 bits per heavy atom. The first kappa shape index (κ1) is 8.56. The third-order valence-electron chi connectivity index (χ3n) is 2.06. The lowest BCUT2D eigenvalue weighted by Crippen LogP contribution is -1.89. The van der Waals surface area contributed by atoms with E-state index in [1.165, 1.54) is 0 Å². The first-order valence-electron chi connectivity index (χ1n) is 4.02. The highest BCUT2D eigenvalue weighted by atomic mass is 79.9. The molecule has 0 bridgehead atoms. The molecule has 0 aromatic carbocycles. The molecule has 0 spiro atoms. The van der Waals surface area contributed by atoms with Gasteiger partial charge in [-0.05, 0) is 35.0 Å². The van der Waals surface area contributed by atoms with E-state index in [-0.39, 0.29) is 0 Å². The zero-order chi connectivity index (χ0) is 9.42. The summed E-state index contributed by atoms with van der Waals surface area (Å²) in [4.78, 5) is 0. The third-order valence-corrected chi connectivity index (χ3v) is 3.03. The van der Waals surface area contributed by atoms with Gasteiger partial charge in [0.05, 0.1) is 10.2 Å². The van der Waals surface area contributed by atoms with Crippen LogP contribution >= 0.6 is 15.9 Å². The van der Waals surface area contributed by atoms with Crippen molar-refractivity contribution in [3.63, 3.8) is 0 Å². The average molecular weight is 240 g/mol. The SMILES string of the molecule is Cc1[nH]nc(-c2cccn2C)c1Br. The maximum atomic E-state index is 4.23. The van der Waals surface area contributed by atoms with E-state index in [0.29, 0.717) is 0 Å². The summed E-state index contributed by atoms with van der Waals surface area (Å²) in [6.45, 7) is 1.99. The van der Waals surface area contributed by atoms with Gasteiger partial charge in [0.2, 0.25) is 0 Å². The fraction of sp³-hybridized carbons (Fsp3) is 0.222. The average Bonchev–Trinajstić information content (AvgIpc) is 2.62. The summed E-state index contributed by atoms with van der Waals surface area (Å²) in [7, 11) is 2.01. The van der Waals surface area contributed by atoms with Crippen LogP contribution in [0.15, 0.2) is 22.8 Å². The molecule has 1 N–H and O–H groups in total. The lowest BCUT2D eigenvalue weighted by atomic mass is 10.3. The van der Waals surface area contributed by atoms with Crippen LogP contribution in [0.25, 0.3) is 11.4 Å². The highest BCUT2D eigenvalue weighted by Gasteiger charge is 2.11. The van der Waals surface area contributed by atoms with E-state index in [0.717, 1.165) is 21.6 Å². The van der Waals surface area contributed by atoms with Gasteiger partial charge in [0, 0.05) is 18.9 Å². The van der Waals surface area contributed by atoms with Crippen molar-refractivity contribution < 1.29 is 0 Å². The Kier molecular flexibility index (Phi) is 2.00. The van der Waals surface area contributed by atoms with Gasteiger partial charge in [-0.2, -0.15) is 5.10 Å². The van der Waals surface area contributed by atoms with Crippen molar-refractivity contribution in [2.24, 2.45) is 7.05 Å². The monoisotopic (exact) mass is 239 g/mol. The van der Waals surface area contributed by atoms with E-state index in [1.807, 2.05) is 36.9 Å². The number of aromatic amines is 1. The number of halogens is 1. The number of rotatable bonds is 1. The molecule has 0 aliphatic heterocycles. The number of aryl methyl sites for hydroxylation is 2. The molecule has 0 fully saturated rings. The fourth-order valence-corrected chi connectivity index (χ4v) is 1.67. The van der Waals surface area contributed by atoms with Crippen LogP contribution in [0.4, 0.5) is 0 Å². The van der Waals surface area contributed by atoms with Crippen molar-refractivity contribution in [2.45, 2.75) is 6.92 Å². The lowest BCUT2D eigenvalue weighted by molar-refractivity contribution is 0.925. The minimum atomic E-state index is 0.963. The molecule has 0 saturated carbocycles. The maximum Gasteiger partial charge on any atom is 0.123 e. The molecule has 0 radical (unpaired) electrons. The first-order valence-corrected chi connectivity index (χ1v) is 4.81. The second-order valence-electron chi connectivity index (χ2n) is 3.02. The molecule has 0 aliphatic rings. The Labute approximate surface area is 84.9 Å². The molecule has 4 heteroatoms. The summed E-state index contributed by atoms with van der Waals surface area (Å²) < 4.78 is 3.08. The fourth-order valence-electron chi connectivity index (χ4n) is 1.29. The summed E-state index contributed by atoms with van der Waals surface area (Å²) in [6.07, 6.45) is 2.01. The van der Waals surface area contributed by atoms with Gasteiger partial charge in [-0.25, -0.2) is 0 Å². The van der Waals surface area contributed by atoms with Gasteiger partial charge >= 0.3 is 0 Å². The minimum Gasteiger partial charge on any atom is -0.349 e. The Balaban J connectivity index is 2.59. The van der Waals surface area contributed by atoms with Crippen molar-refractivity contribution in [3.8, 4) is 11.4 Å². The van der Waals surface area contributed by atoms with Gasteiger partial charge in [0.1, 0.15) is 5.69 Å². The van der Waals surface area contributed by atoms with Gasteiger partial charge in [-0.15, -0.1) is 0 Å². The predicted octanol–water partition coefficient (Wildman–Crippen LogP) is 2.49. The summed E-state index contributed by atoms with van der Waals surface area (Å²) in [5.74, 6) is 0. The van der Waals surface area contributed by atoms with Gasteiger partial charge in [0.15, 0.2) is 0 Å². The van der Waals surface area contributed by atoms with Crippen molar-refractivity contribution in [1.82, 2.24) is 14.8 Å².